The molecule has 0 unspecified atom stereocenters. The zero-order chi connectivity index (χ0) is 19.2. The molecule has 0 bridgehead atoms. The maximum Gasteiger partial charge on any atom is 0.225 e. The van der Waals surface area contributed by atoms with Crippen LogP contribution in [0.3, 0.4) is 0 Å². The fourth-order valence-electron chi connectivity index (χ4n) is 3.96. The fourth-order valence-corrected chi connectivity index (χ4v) is 4.23. The lowest BCUT2D eigenvalue weighted by Crippen LogP contribution is -2.51. The van der Waals surface area contributed by atoms with E-state index < -0.39 is 0 Å². The number of halogens is 1. The Balaban J connectivity index is 1.75. The minimum atomic E-state index is 0.137. The summed E-state index contributed by atoms with van der Waals surface area (Å²) in [5.74, 6) is 0.453. The van der Waals surface area contributed by atoms with Crippen LogP contribution in [0.4, 0.5) is 0 Å². The minimum absolute atomic E-state index is 0.137. The highest BCUT2D eigenvalue weighted by Gasteiger charge is 2.29. The third-order valence-electron chi connectivity index (χ3n) is 5.44. The van der Waals surface area contributed by atoms with Crippen LogP contribution in [0, 0.1) is 5.92 Å². The van der Waals surface area contributed by atoms with Crippen molar-refractivity contribution >= 4 is 21.8 Å². The van der Waals surface area contributed by atoms with Gasteiger partial charge in [-0.2, -0.15) is 0 Å². The Morgan fingerprint density at radius 3 is 2.15 bits per heavy atom. The second-order valence-corrected chi connectivity index (χ2v) is 8.33. The molecular weight excluding hydrogens is 400 g/mol. The Morgan fingerprint density at radius 2 is 1.56 bits per heavy atom. The molecule has 1 aliphatic rings. The molecular formula is C23H29BrN2O. The quantitative estimate of drug-likeness (QED) is 0.637. The van der Waals surface area contributed by atoms with Crippen LogP contribution in [0.15, 0.2) is 59.1 Å². The summed E-state index contributed by atoms with van der Waals surface area (Å²) in [6, 6.07) is 19.5. The van der Waals surface area contributed by atoms with Gasteiger partial charge in [0.25, 0.3) is 0 Å². The summed E-state index contributed by atoms with van der Waals surface area (Å²) >= 11 is 3.54. The number of carbonyl (C=O) groups excluding carboxylic acids is 1. The summed E-state index contributed by atoms with van der Waals surface area (Å²) < 4.78 is 1.10. The van der Waals surface area contributed by atoms with Crippen LogP contribution in [-0.4, -0.2) is 41.9 Å². The van der Waals surface area contributed by atoms with Crippen molar-refractivity contribution in [2.75, 3.05) is 26.2 Å². The van der Waals surface area contributed by atoms with E-state index in [0.29, 0.717) is 5.91 Å². The highest BCUT2D eigenvalue weighted by atomic mass is 79.9. The third-order valence-corrected chi connectivity index (χ3v) is 5.96. The fraction of sp³-hybridized carbons (Fsp3) is 0.435. The molecule has 1 saturated heterocycles. The molecule has 0 radical (unpaired) electrons. The van der Waals surface area contributed by atoms with Crippen molar-refractivity contribution in [2.24, 2.45) is 5.92 Å². The number of benzene rings is 2. The molecule has 144 valence electrons. The van der Waals surface area contributed by atoms with Gasteiger partial charge in [0.05, 0.1) is 6.04 Å². The summed E-state index contributed by atoms with van der Waals surface area (Å²) in [5.41, 5.74) is 2.60. The normalized spacial score (nSPS) is 17.5. The molecule has 1 aliphatic heterocycles. The summed E-state index contributed by atoms with van der Waals surface area (Å²) in [6.45, 7) is 7.64. The SMILES string of the molecule is CCC[C@H](C)C(=O)N1CCN([C@@H](c2ccccc2)c2ccc(Br)cc2)CC1. The van der Waals surface area contributed by atoms with Crippen molar-refractivity contribution in [3.8, 4) is 0 Å². The molecule has 1 heterocycles. The van der Waals surface area contributed by atoms with E-state index in [-0.39, 0.29) is 12.0 Å². The lowest BCUT2D eigenvalue weighted by atomic mass is 9.96. The van der Waals surface area contributed by atoms with Crippen LogP contribution in [0.5, 0.6) is 0 Å². The van der Waals surface area contributed by atoms with Gasteiger partial charge in [-0.1, -0.05) is 78.7 Å². The van der Waals surface area contributed by atoms with Gasteiger partial charge in [-0.15, -0.1) is 0 Å². The van der Waals surface area contributed by atoms with Gasteiger partial charge in [-0.25, -0.2) is 0 Å². The first kappa shape index (κ1) is 20.1. The predicted octanol–water partition coefficient (Wildman–Crippen LogP) is 5.12. The van der Waals surface area contributed by atoms with Crippen molar-refractivity contribution < 1.29 is 4.79 Å². The Labute approximate surface area is 171 Å². The van der Waals surface area contributed by atoms with Crippen LogP contribution >= 0.6 is 15.9 Å². The molecule has 2 aromatic rings. The van der Waals surface area contributed by atoms with Crippen molar-refractivity contribution in [3.63, 3.8) is 0 Å². The lowest BCUT2D eigenvalue weighted by Gasteiger charge is -2.40. The largest absolute Gasteiger partial charge is 0.340 e. The highest BCUT2D eigenvalue weighted by Crippen LogP contribution is 2.30. The average molecular weight is 429 g/mol. The van der Waals surface area contributed by atoms with E-state index in [1.54, 1.807) is 0 Å². The van der Waals surface area contributed by atoms with Gasteiger partial charge in [0.15, 0.2) is 0 Å². The highest BCUT2D eigenvalue weighted by molar-refractivity contribution is 9.10. The number of rotatable bonds is 6. The molecule has 2 atom stereocenters. The number of carbonyl (C=O) groups is 1. The van der Waals surface area contributed by atoms with E-state index in [4.69, 9.17) is 0 Å². The van der Waals surface area contributed by atoms with E-state index in [1.807, 2.05) is 0 Å². The van der Waals surface area contributed by atoms with Gasteiger partial charge >= 0.3 is 0 Å². The molecule has 4 heteroatoms. The summed E-state index contributed by atoms with van der Waals surface area (Å²) in [6.07, 6.45) is 2.04. The number of nitrogens with zero attached hydrogens (tertiary/aromatic N) is 2. The third kappa shape index (κ3) is 4.99. The van der Waals surface area contributed by atoms with E-state index in [2.05, 4.69) is 94.2 Å². The Kier molecular flexibility index (Phi) is 7.08. The first-order valence-corrected chi connectivity index (χ1v) is 10.7. The Bertz CT molecular complexity index is 724. The van der Waals surface area contributed by atoms with Crippen LogP contribution < -0.4 is 0 Å². The van der Waals surface area contributed by atoms with Gasteiger partial charge in [-0.3, -0.25) is 9.69 Å². The summed E-state index contributed by atoms with van der Waals surface area (Å²) in [7, 11) is 0. The molecule has 0 saturated carbocycles. The molecule has 3 nitrogen and oxygen atoms in total. The van der Waals surface area contributed by atoms with Crippen LogP contribution in [-0.2, 0) is 4.79 Å². The molecule has 27 heavy (non-hydrogen) atoms. The van der Waals surface area contributed by atoms with Crippen molar-refractivity contribution in [3.05, 3.63) is 70.2 Å². The van der Waals surface area contributed by atoms with Crippen molar-refractivity contribution in [2.45, 2.75) is 32.7 Å². The van der Waals surface area contributed by atoms with Gasteiger partial charge in [0.2, 0.25) is 5.91 Å². The van der Waals surface area contributed by atoms with Crippen molar-refractivity contribution in [1.82, 2.24) is 9.80 Å². The van der Waals surface area contributed by atoms with Crippen LogP contribution in [0.25, 0.3) is 0 Å². The smallest absolute Gasteiger partial charge is 0.225 e. The topological polar surface area (TPSA) is 23.6 Å². The van der Waals surface area contributed by atoms with Gasteiger partial charge < -0.3 is 4.90 Å². The Hall–Kier alpha value is -1.65. The molecule has 2 aromatic carbocycles. The molecule has 1 amide bonds. The molecule has 0 N–H and O–H groups in total. The summed E-state index contributed by atoms with van der Waals surface area (Å²) in [5, 5.41) is 0. The zero-order valence-corrected chi connectivity index (χ0v) is 17.9. The number of amides is 1. The maximum atomic E-state index is 12.6. The maximum absolute atomic E-state index is 12.6. The molecule has 1 fully saturated rings. The second kappa shape index (κ2) is 9.52. The Morgan fingerprint density at radius 1 is 0.963 bits per heavy atom. The zero-order valence-electron chi connectivity index (χ0n) is 16.3. The van der Waals surface area contributed by atoms with E-state index in [9.17, 15) is 4.79 Å². The standard InChI is InChI=1S/C23H29BrN2O/c1-3-7-18(2)23(27)26-16-14-25(15-17-26)22(19-8-5-4-6-9-19)20-10-12-21(24)13-11-20/h4-6,8-13,18,22H,3,7,14-17H2,1-2H3/t18-,22-/m0/s1. The number of hydrogen-bond acceptors (Lipinski definition) is 2. The van der Waals surface area contributed by atoms with Crippen LogP contribution in [0.1, 0.15) is 43.9 Å². The molecule has 0 spiro atoms. The van der Waals surface area contributed by atoms with E-state index >= 15 is 0 Å². The monoisotopic (exact) mass is 428 g/mol. The summed E-state index contributed by atoms with van der Waals surface area (Å²) in [4.78, 5) is 17.2. The van der Waals surface area contributed by atoms with Gasteiger partial charge in [0.1, 0.15) is 0 Å². The van der Waals surface area contributed by atoms with Gasteiger partial charge in [-0.05, 0) is 29.7 Å². The number of hydrogen-bond donors (Lipinski definition) is 0. The van der Waals surface area contributed by atoms with Gasteiger partial charge in [0, 0.05) is 36.6 Å². The molecule has 0 aliphatic carbocycles. The minimum Gasteiger partial charge on any atom is -0.340 e. The first-order chi connectivity index (χ1) is 13.1. The predicted molar refractivity (Wildman–Crippen MR) is 115 cm³/mol. The lowest BCUT2D eigenvalue weighted by molar-refractivity contribution is -0.137. The average Bonchev–Trinajstić information content (AvgIpc) is 2.71. The van der Waals surface area contributed by atoms with Crippen LogP contribution in [0.2, 0.25) is 0 Å². The van der Waals surface area contributed by atoms with E-state index in [0.717, 1.165) is 43.5 Å². The second-order valence-electron chi connectivity index (χ2n) is 7.42. The van der Waals surface area contributed by atoms with Crippen molar-refractivity contribution in [1.29, 1.82) is 0 Å². The molecule has 0 aromatic heterocycles. The first-order valence-electron chi connectivity index (χ1n) is 9.93. The number of piperazine rings is 1. The molecule has 3 rings (SSSR count). The van der Waals surface area contributed by atoms with E-state index in [1.165, 1.54) is 11.1 Å².